The molecule has 1 aromatic rings. The molecule has 0 bridgehead atoms. The molecule has 15 heavy (non-hydrogen) atoms. The van der Waals surface area contributed by atoms with Gasteiger partial charge < -0.3 is 4.74 Å². The minimum atomic E-state index is -1.56. The van der Waals surface area contributed by atoms with Crippen LogP contribution in [0, 0.1) is 0 Å². The highest BCUT2D eigenvalue weighted by Gasteiger charge is 2.27. The number of carbonyl (C=O) groups excluding carboxylic acids is 1. The zero-order valence-corrected chi connectivity index (χ0v) is 10.2. The third-order valence-corrected chi connectivity index (χ3v) is 2.32. The standard InChI is InChI=1S/C10H8Cl3O2/c1-2-15-9-5-7(6-14)3-4-8(9)10(11,12)13/h3-5H,2H2,1H3. The summed E-state index contributed by atoms with van der Waals surface area (Å²) in [4.78, 5) is 10.4. The topological polar surface area (TPSA) is 26.3 Å². The van der Waals surface area contributed by atoms with Crippen LogP contribution in [0.15, 0.2) is 18.2 Å². The highest BCUT2D eigenvalue weighted by molar-refractivity contribution is 6.66. The first-order valence-electron chi connectivity index (χ1n) is 4.21. The van der Waals surface area contributed by atoms with E-state index in [0.29, 0.717) is 23.5 Å². The number of benzene rings is 1. The first-order valence-corrected chi connectivity index (χ1v) is 5.34. The quantitative estimate of drug-likeness (QED) is 0.784. The van der Waals surface area contributed by atoms with Gasteiger partial charge in [-0.15, -0.1) is 0 Å². The summed E-state index contributed by atoms with van der Waals surface area (Å²) in [6.45, 7) is 2.23. The van der Waals surface area contributed by atoms with Crippen molar-refractivity contribution in [2.24, 2.45) is 0 Å². The lowest BCUT2D eigenvalue weighted by Crippen LogP contribution is -2.05. The largest absolute Gasteiger partial charge is 0.493 e. The van der Waals surface area contributed by atoms with Gasteiger partial charge in [0.15, 0.2) is 0 Å². The normalized spacial score (nSPS) is 11.2. The third kappa shape index (κ3) is 3.26. The molecule has 0 aliphatic carbocycles. The number of hydrogen-bond donors (Lipinski definition) is 0. The number of hydrogen-bond acceptors (Lipinski definition) is 2. The van der Waals surface area contributed by atoms with Gasteiger partial charge in [0.05, 0.1) is 6.61 Å². The number of ether oxygens (including phenoxy) is 1. The maximum Gasteiger partial charge on any atom is 0.233 e. The predicted molar refractivity (Wildman–Crippen MR) is 61.6 cm³/mol. The maximum absolute atomic E-state index is 10.4. The Bertz CT molecular complexity index is 358. The first-order chi connectivity index (χ1) is 6.99. The molecule has 0 aliphatic heterocycles. The lowest BCUT2D eigenvalue weighted by atomic mass is 10.1. The van der Waals surface area contributed by atoms with Crippen LogP contribution in [0.4, 0.5) is 0 Å². The van der Waals surface area contributed by atoms with Crippen molar-refractivity contribution in [1.82, 2.24) is 0 Å². The Hall–Kier alpha value is -0.440. The van der Waals surface area contributed by atoms with Crippen molar-refractivity contribution in [1.29, 1.82) is 0 Å². The fraction of sp³-hybridized carbons (Fsp3) is 0.300. The van der Waals surface area contributed by atoms with E-state index >= 15 is 0 Å². The summed E-state index contributed by atoms with van der Waals surface area (Å²) in [6, 6.07) is 4.55. The van der Waals surface area contributed by atoms with Gasteiger partial charge in [0.2, 0.25) is 10.1 Å². The molecular formula is C10H8Cl3O2. The molecule has 0 spiro atoms. The van der Waals surface area contributed by atoms with E-state index in [9.17, 15) is 4.79 Å². The van der Waals surface area contributed by atoms with E-state index in [2.05, 4.69) is 0 Å². The van der Waals surface area contributed by atoms with Crippen molar-refractivity contribution in [2.45, 2.75) is 10.7 Å². The summed E-state index contributed by atoms with van der Waals surface area (Å²) in [7, 11) is 0. The molecule has 81 valence electrons. The monoisotopic (exact) mass is 265 g/mol. The van der Waals surface area contributed by atoms with Crippen LogP contribution in [0.2, 0.25) is 0 Å². The Balaban J connectivity index is 3.20. The minimum absolute atomic E-state index is 0.358. The molecule has 1 rings (SSSR count). The average Bonchev–Trinajstić information content (AvgIpc) is 2.16. The van der Waals surface area contributed by atoms with Gasteiger partial charge in [-0.2, -0.15) is 0 Å². The van der Waals surface area contributed by atoms with Crippen LogP contribution in [0.5, 0.6) is 5.75 Å². The summed E-state index contributed by atoms with van der Waals surface area (Å²) in [5.74, 6) is 0.387. The highest BCUT2D eigenvalue weighted by atomic mass is 35.6. The van der Waals surface area contributed by atoms with Crippen molar-refractivity contribution < 1.29 is 9.53 Å². The van der Waals surface area contributed by atoms with Crippen molar-refractivity contribution in [3.63, 3.8) is 0 Å². The van der Waals surface area contributed by atoms with Gasteiger partial charge in [0.25, 0.3) is 0 Å². The third-order valence-electron chi connectivity index (χ3n) is 1.70. The van der Waals surface area contributed by atoms with Crippen LogP contribution >= 0.6 is 34.8 Å². The smallest absolute Gasteiger partial charge is 0.233 e. The average molecular weight is 267 g/mol. The van der Waals surface area contributed by atoms with Crippen LogP contribution in [0.3, 0.4) is 0 Å². The van der Waals surface area contributed by atoms with E-state index in [1.54, 1.807) is 13.2 Å². The van der Waals surface area contributed by atoms with E-state index in [1.807, 2.05) is 0 Å². The Labute approximate surface area is 103 Å². The Morgan fingerprint density at radius 3 is 2.53 bits per heavy atom. The predicted octanol–water partition coefficient (Wildman–Crippen LogP) is 3.37. The SMILES string of the molecule is CCOc1cc([C]=O)ccc1C(Cl)(Cl)Cl. The second-order valence-corrected chi connectivity index (χ2v) is 5.03. The molecule has 5 heteroatoms. The molecule has 0 N–H and O–H groups in total. The highest BCUT2D eigenvalue weighted by Crippen LogP contribution is 2.43. The Morgan fingerprint density at radius 2 is 2.07 bits per heavy atom. The molecular weight excluding hydrogens is 258 g/mol. The molecule has 0 fully saturated rings. The van der Waals surface area contributed by atoms with Gasteiger partial charge >= 0.3 is 0 Å². The van der Waals surface area contributed by atoms with E-state index in [0.717, 1.165) is 0 Å². The Kier molecular flexibility index (Phi) is 4.26. The zero-order chi connectivity index (χ0) is 11.5. The second-order valence-electron chi connectivity index (χ2n) is 2.74. The molecule has 1 aromatic carbocycles. The van der Waals surface area contributed by atoms with Gasteiger partial charge in [-0.25, -0.2) is 0 Å². The lowest BCUT2D eigenvalue weighted by molar-refractivity contribution is 0.337. The van der Waals surface area contributed by atoms with Crippen LogP contribution in [-0.4, -0.2) is 12.9 Å². The van der Waals surface area contributed by atoms with Crippen LogP contribution < -0.4 is 4.74 Å². The minimum Gasteiger partial charge on any atom is -0.493 e. The van der Waals surface area contributed by atoms with Gasteiger partial charge in [-0.05, 0) is 13.0 Å². The Morgan fingerprint density at radius 1 is 1.40 bits per heavy atom. The zero-order valence-electron chi connectivity index (χ0n) is 7.89. The van der Waals surface area contributed by atoms with Crippen molar-refractivity contribution in [3.05, 3.63) is 29.3 Å². The van der Waals surface area contributed by atoms with Crippen molar-refractivity contribution >= 4 is 41.1 Å². The second kappa shape index (κ2) is 5.06. The van der Waals surface area contributed by atoms with E-state index in [1.165, 1.54) is 18.2 Å². The molecule has 0 aromatic heterocycles. The molecule has 0 unspecified atom stereocenters. The molecule has 0 aliphatic rings. The molecule has 0 atom stereocenters. The molecule has 2 nitrogen and oxygen atoms in total. The van der Waals surface area contributed by atoms with E-state index < -0.39 is 3.79 Å². The summed E-state index contributed by atoms with van der Waals surface area (Å²) in [5.41, 5.74) is 0.768. The van der Waals surface area contributed by atoms with E-state index in [-0.39, 0.29) is 0 Å². The van der Waals surface area contributed by atoms with Crippen molar-refractivity contribution in [3.8, 4) is 5.75 Å². The number of rotatable bonds is 3. The van der Waals surface area contributed by atoms with Crippen molar-refractivity contribution in [2.75, 3.05) is 6.61 Å². The molecule has 1 radical (unpaired) electrons. The summed E-state index contributed by atoms with van der Waals surface area (Å²) >= 11 is 17.2. The molecule has 0 amide bonds. The van der Waals surface area contributed by atoms with Gasteiger partial charge in [-0.3, -0.25) is 4.79 Å². The molecule has 0 saturated carbocycles. The number of halogens is 3. The van der Waals surface area contributed by atoms with Gasteiger partial charge in [0.1, 0.15) is 5.75 Å². The summed E-state index contributed by atoms with van der Waals surface area (Å²) in [5, 5.41) is 0. The van der Waals surface area contributed by atoms with E-state index in [4.69, 9.17) is 39.5 Å². The summed E-state index contributed by atoms with van der Waals surface area (Å²) in [6.07, 6.45) is 1.75. The molecule has 0 saturated heterocycles. The fourth-order valence-electron chi connectivity index (χ4n) is 1.09. The molecule has 0 heterocycles. The first kappa shape index (κ1) is 12.6. The summed E-state index contributed by atoms with van der Waals surface area (Å²) < 4.78 is 3.71. The lowest BCUT2D eigenvalue weighted by Gasteiger charge is -2.16. The van der Waals surface area contributed by atoms with Crippen LogP contribution in [0.1, 0.15) is 18.1 Å². The number of alkyl halides is 3. The maximum atomic E-state index is 10.4. The van der Waals surface area contributed by atoms with Gasteiger partial charge in [-0.1, -0.05) is 46.9 Å². The van der Waals surface area contributed by atoms with Crippen LogP contribution in [-0.2, 0) is 8.59 Å². The fourth-order valence-corrected chi connectivity index (χ4v) is 1.56. The van der Waals surface area contributed by atoms with Crippen LogP contribution in [0.25, 0.3) is 0 Å². The van der Waals surface area contributed by atoms with Gasteiger partial charge in [0, 0.05) is 11.1 Å².